The lowest BCUT2D eigenvalue weighted by molar-refractivity contribution is -0.139. The second-order valence-corrected chi connectivity index (χ2v) is 12.2. The van der Waals surface area contributed by atoms with Crippen LogP contribution in [-0.2, 0) is 18.7 Å². The number of amides is 1. The predicted octanol–water partition coefficient (Wildman–Crippen LogP) is 6.40. The molecule has 0 aliphatic carbocycles. The van der Waals surface area contributed by atoms with Crippen LogP contribution in [0.2, 0.25) is 20.1 Å². The highest BCUT2D eigenvalue weighted by molar-refractivity contribution is 8.55. The third-order valence-corrected chi connectivity index (χ3v) is 8.35. The van der Waals surface area contributed by atoms with Gasteiger partial charge in [-0.25, -0.2) is 9.59 Å². The highest BCUT2D eigenvalue weighted by atomic mass is 35.5. The summed E-state index contributed by atoms with van der Waals surface area (Å²) in [4.78, 5) is 31.3. The number of carboxylic acids is 2. The standard InChI is InChI=1S/2C8H6Cl2O3.C4H10NO3PS/c1-13-7-5(10)3-2-4(9)6(7)8(11)12;9-5-1-2-7(6(10)3-5)13-4-8(11)12;1-4(6)5-9(7,8-2)10-3/h2-3H,1H3,(H,11,12);1-3H,4H2,(H,11,12);1-3H3,(H,5,6,7). The number of hydrogen-bond acceptors (Lipinski definition) is 8. The smallest absolute Gasteiger partial charge is 0.352 e. The second kappa shape index (κ2) is 16.8. The van der Waals surface area contributed by atoms with Crippen molar-refractivity contribution in [3.05, 3.63) is 56.0 Å². The zero-order valence-electron chi connectivity index (χ0n) is 19.2. The van der Waals surface area contributed by atoms with E-state index < -0.39 is 25.3 Å². The lowest BCUT2D eigenvalue weighted by Gasteiger charge is -2.11. The fourth-order valence-corrected chi connectivity index (χ4v) is 4.77. The van der Waals surface area contributed by atoms with Gasteiger partial charge in [0.25, 0.3) is 0 Å². The van der Waals surface area contributed by atoms with E-state index >= 15 is 0 Å². The van der Waals surface area contributed by atoms with Crippen molar-refractivity contribution >= 4 is 82.4 Å². The van der Waals surface area contributed by atoms with Gasteiger partial charge in [0.05, 0.1) is 22.2 Å². The molecule has 0 spiro atoms. The Morgan fingerprint density at radius 2 is 1.58 bits per heavy atom. The first-order valence-corrected chi connectivity index (χ1v) is 14.2. The molecule has 16 heteroatoms. The van der Waals surface area contributed by atoms with E-state index in [9.17, 15) is 18.9 Å². The van der Waals surface area contributed by atoms with Gasteiger partial charge in [-0.3, -0.25) is 14.4 Å². The van der Waals surface area contributed by atoms with E-state index in [1.165, 1.54) is 45.4 Å². The van der Waals surface area contributed by atoms with Gasteiger partial charge < -0.3 is 24.2 Å². The number of carbonyl (C=O) groups is 3. The summed E-state index contributed by atoms with van der Waals surface area (Å²) < 4.78 is 25.4. The predicted molar refractivity (Wildman–Crippen MR) is 142 cm³/mol. The van der Waals surface area contributed by atoms with Crippen molar-refractivity contribution in [3.8, 4) is 11.5 Å². The van der Waals surface area contributed by atoms with Gasteiger partial charge in [-0.05, 0) is 36.6 Å². The maximum Gasteiger partial charge on any atom is 0.352 e. The van der Waals surface area contributed by atoms with Crippen LogP contribution in [-0.4, -0.2) is 55.1 Å². The van der Waals surface area contributed by atoms with Crippen LogP contribution in [0.25, 0.3) is 0 Å². The summed E-state index contributed by atoms with van der Waals surface area (Å²) in [6.45, 7) is -2.04. The van der Waals surface area contributed by atoms with Crippen LogP contribution < -0.4 is 14.6 Å². The first-order valence-electron chi connectivity index (χ1n) is 9.26. The molecular formula is C20H22Cl4NO9PS. The number of halogens is 4. The van der Waals surface area contributed by atoms with Crippen LogP contribution in [0.1, 0.15) is 17.3 Å². The largest absolute Gasteiger partial charge is 0.494 e. The zero-order valence-corrected chi connectivity index (χ0v) is 23.9. The normalized spacial score (nSPS) is 11.4. The van der Waals surface area contributed by atoms with Gasteiger partial charge >= 0.3 is 18.7 Å². The molecule has 0 saturated carbocycles. The Balaban J connectivity index is 0.000000517. The fourth-order valence-electron chi connectivity index (χ4n) is 2.02. The number of methoxy groups -OCH3 is 1. The van der Waals surface area contributed by atoms with Crippen LogP contribution in [0.3, 0.4) is 0 Å². The highest BCUT2D eigenvalue weighted by Gasteiger charge is 2.20. The Kier molecular flexibility index (Phi) is 15.9. The first kappa shape index (κ1) is 34.1. The number of nitrogens with one attached hydrogen (secondary N) is 1. The molecule has 1 atom stereocenters. The van der Waals surface area contributed by atoms with E-state index in [4.69, 9.17) is 66.1 Å². The van der Waals surface area contributed by atoms with Crippen LogP contribution in [0.5, 0.6) is 11.5 Å². The topological polar surface area (TPSA) is 148 Å². The minimum Gasteiger partial charge on any atom is -0.494 e. The molecule has 0 aromatic heterocycles. The van der Waals surface area contributed by atoms with Crippen molar-refractivity contribution in [2.45, 2.75) is 6.92 Å². The molecule has 0 bridgehead atoms. The molecule has 1 unspecified atom stereocenters. The van der Waals surface area contributed by atoms with Crippen LogP contribution in [0, 0.1) is 0 Å². The number of ether oxygens (including phenoxy) is 2. The van der Waals surface area contributed by atoms with Gasteiger partial charge in [-0.1, -0.05) is 57.8 Å². The van der Waals surface area contributed by atoms with Crippen molar-refractivity contribution in [3.63, 3.8) is 0 Å². The molecule has 0 aliphatic heterocycles. The molecule has 1 amide bonds. The van der Waals surface area contributed by atoms with Gasteiger partial charge in [0, 0.05) is 19.1 Å². The van der Waals surface area contributed by atoms with E-state index in [0.717, 1.165) is 11.4 Å². The molecule has 0 aliphatic rings. The van der Waals surface area contributed by atoms with Gasteiger partial charge in [-0.15, -0.1) is 0 Å². The van der Waals surface area contributed by atoms with E-state index in [-0.39, 0.29) is 27.3 Å². The van der Waals surface area contributed by atoms with E-state index in [1.54, 1.807) is 12.3 Å². The number of carboxylic acid groups (broad SMARTS) is 2. The Hall–Kier alpha value is -1.85. The van der Waals surface area contributed by atoms with Crippen LogP contribution in [0.15, 0.2) is 30.3 Å². The van der Waals surface area contributed by atoms with Gasteiger partial charge in [0.1, 0.15) is 11.3 Å². The number of rotatable bonds is 8. The summed E-state index contributed by atoms with van der Waals surface area (Å²) >= 11 is 23.7. The molecule has 2 aromatic carbocycles. The summed E-state index contributed by atoms with van der Waals surface area (Å²) in [7, 11) is 2.64. The molecule has 0 radical (unpaired) electrons. The minimum atomic E-state index is -2.92. The van der Waals surface area contributed by atoms with Gasteiger partial charge in [0.15, 0.2) is 12.4 Å². The molecule has 0 fully saturated rings. The number of aromatic carboxylic acids is 1. The second-order valence-electron chi connectivity index (χ2n) is 6.03. The fraction of sp³-hybridized carbons (Fsp3) is 0.250. The van der Waals surface area contributed by atoms with E-state index in [1.807, 2.05) is 0 Å². The highest BCUT2D eigenvalue weighted by Crippen LogP contribution is 2.53. The van der Waals surface area contributed by atoms with Crippen molar-refractivity contribution in [2.24, 2.45) is 0 Å². The van der Waals surface area contributed by atoms with Gasteiger partial charge in [0.2, 0.25) is 5.91 Å². The molecule has 10 nitrogen and oxygen atoms in total. The molecule has 36 heavy (non-hydrogen) atoms. The van der Waals surface area contributed by atoms with Crippen LogP contribution in [0.4, 0.5) is 0 Å². The third kappa shape index (κ3) is 12.4. The first-order chi connectivity index (χ1) is 16.7. The van der Waals surface area contributed by atoms with Crippen molar-refractivity contribution in [1.29, 1.82) is 0 Å². The third-order valence-electron chi connectivity index (χ3n) is 3.50. The Labute approximate surface area is 231 Å². The summed E-state index contributed by atoms with van der Waals surface area (Å²) in [5.41, 5.74) is -0.114. The monoisotopic (exact) mass is 623 g/mol. The number of benzene rings is 2. The van der Waals surface area contributed by atoms with Crippen LogP contribution >= 0.6 is 64.5 Å². The average molecular weight is 625 g/mol. The Bertz CT molecular complexity index is 1110. The summed E-state index contributed by atoms with van der Waals surface area (Å²) in [6, 6.07) is 7.48. The van der Waals surface area contributed by atoms with E-state index in [0.29, 0.717) is 15.8 Å². The molecule has 2 aromatic rings. The lowest BCUT2D eigenvalue weighted by atomic mass is 10.2. The summed E-state index contributed by atoms with van der Waals surface area (Å²) in [5, 5.41) is 20.4. The van der Waals surface area contributed by atoms with Crippen molar-refractivity contribution in [2.75, 3.05) is 27.1 Å². The quantitative estimate of drug-likeness (QED) is 0.282. The number of aliphatic carboxylic acids is 1. The average Bonchev–Trinajstić information content (AvgIpc) is 2.79. The lowest BCUT2D eigenvalue weighted by Crippen LogP contribution is -2.15. The molecule has 0 saturated heterocycles. The minimum absolute atomic E-state index is 0.0849. The maximum absolute atomic E-state index is 11.2. The molecule has 2 rings (SSSR count). The van der Waals surface area contributed by atoms with E-state index in [2.05, 4.69) is 9.61 Å². The molecule has 0 heterocycles. The molecule has 3 N–H and O–H groups in total. The molecule has 200 valence electrons. The van der Waals surface area contributed by atoms with Gasteiger partial charge in [-0.2, -0.15) is 0 Å². The van der Waals surface area contributed by atoms with Crippen molar-refractivity contribution < 1.29 is 43.2 Å². The number of carbonyl (C=O) groups excluding carboxylic acids is 1. The zero-order chi connectivity index (χ0) is 28.1. The van der Waals surface area contributed by atoms with Crippen molar-refractivity contribution in [1.82, 2.24) is 5.09 Å². The Morgan fingerprint density at radius 1 is 1.00 bits per heavy atom. The Morgan fingerprint density at radius 3 is 1.94 bits per heavy atom. The maximum atomic E-state index is 11.2. The SMILES string of the molecule is COP(=O)(NC(C)=O)SC.COc1c(Cl)ccc(Cl)c1C(=O)O.O=C(O)COc1ccc(Cl)cc1Cl. The summed E-state index contributed by atoms with van der Waals surface area (Å²) in [6.07, 6.45) is 1.61. The molecular weight excluding hydrogens is 603 g/mol. The summed E-state index contributed by atoms with van der Waals surface area (Å²) in [5.74, 6) is -2.16. The number of hydrogen-bond donors (Lipinski definition) is 3.